The number of aromatic amines is 1. The molecule has 2 rings (SSSR count). The molecule has 0 atom stereocenters. The molecule has 0 unspecified atom stereocenters. The molecule has 0 fully saturated rings. The fraction of sp³-hybridized carbons (Fsp3) is 0.526. The number of nitrogens with one attached hydrogen (secondary N) is 1. The molecule has 8 heteroatoms. The summed E-state index contributed by atoms with van der Waals surface area (Å²) in [7, 11) is 0. The fourth-order valence-electron chi connectivity index (χ4n) is 3.06. The molecular weight excluding hydrogens is 364 g/mol. The van der Waals surface area contributed by atoms with E-state index in [-0.39, 0.29) is 24.0 Å². The summed E-state index contributed by atoms with van der Waals surface area (Å²) in [5.74, 6) is -0.236. The van der Waals surface area contributed by atoms with Crippen molar-refractivity contribution in [2.75, 3.05) is 17.2 Å². The number of hydrogen-bond donors (Lipinski definition) is 2. The van der Waals surface area contributed by atoms with E-state index in [0.29, 0.717) is 11.4 Å². The van der Waals surface area contributed by atoms with Crippen LogP contribution in [0.2, 0.25) is 0 Å². The molecule has 3 N–H and O–H groups in total. The summed E-state index contributed by atoms with van der Waals surface area (Å²) in [6.07, 6.45) is 3.54. The van der Waals surface area contributed by atoms with E-state index in [1.165, 1.54) is 20.8 Å². The molecule has 0 saturated carbocycles. The highest BCUT2D eigenvalue weighted by Crippen LogP contribution is 2.26. The number of nitrogen functional groups attached to an aromatic ring is 1. The largest absolute Gasteiger partial charge is 0.383 e. The van der Waals surface area contributed by atoms with E-state index in [4.69, 9.17) is 5.73 Å². The maximum Gasteiger partial charge on any atom is 0.330 e. The number of aryl methyl sites for hydroxylation is 2. The third-order valence-electron chi connectivity index (χ3n) is 4.53. The van der Waals surface area contributed by atoms with Crippen molar-refractivity contribution in [2.45, 2.75) is 59.9 Å². The molecule has 7 nitrogen and oxygen atoms in total. The molecule has 0 bridgehead atoms. The number of nitrogens with zero attached hydrogens (tertiary/aromatic N) is 2. The van der Waals surface area contributed by atoms with Crippen LogP contribution in [-0.2, 0) is 13.0 Å². The first-order valence-electron chi connectivity index (χ1n) is 9.39. The Morgan fingerprint density at radius 1 is 1.26 bits per heavy atom. The van der Waals surface area contributed by atoms with Crippen molar-refractivity contribution in [3.63, 3.8) is 0 Å². The van der Waals surface area contributed by atoms with Crippen molar-refractivity contribution in [2.24, 2.45) is 0 Å². The average Bonchev–Trinajstić information content (AvgIpc) is 2.99. The second-order valence-corrected chi connectivity index (χ2v) is 7.75. The summed E-state index contributed by atoms with van der Waals surface area (Å²) < 4.78 is 1.33. The third kappa shape index (κ3) is 4.32. The van der Waals surface area contributed by atoms with Crippen LogP contribution in [0.1, 0.15) is 60.1 Å². The van der Waals surface area contributed by atoms with Gasteiger partial charge in [0.15, 0.2) is 5.69 Å². The van der Waals surface area contributed by atoms with Gasteiger partial charge < -0.3 is 10.6 Å². The molecule has 0 radical (unpaired) electrons. The maximum absolute atomic E-state index is 13.1. The number of H-pyrrole nitrogens is 1. The van der Waals surface area contributed by atoms with E-state index in [1.54, 1.807) is 6.92 Å². The molecular formula is C19H28N4O3S. The van der Waals surface area contributed by atoms with E-state index in [9.17, 15) is 14.4 Å². The van der Waals surface area contributed by atoms with Crippen molar-refractivity contribution in [1.29, 1.82) is 0 Å². The quantitative estimate of drug-likeness (QED) is 0.721. The van der Waals surface area contributed by atoms with Gasteiger partial charge in [-0.15, -0.1) is 11.3 Å². The highest BCUT2D eigenvalue weighted by molar-refractivity contribution is 7.14. The van der Waals surface area contributed by atoms with E-state index in [1.807, 2.05) is 19.9 Å². The van der Waals surface area contributed by atoms with Crippen LogP contribution < -0.4 is 21.9 Å². The topological polar surface area (TPSA) is 101 Å². The first-order chi connectivity index (χ1) is 12.8. The van der Waals surface area contributed by atoms with E-state index in [2.05, 4.69) is 11.9 Å². The van der Waals surface area contributed by atoms with Gasteiger partial charge in [0, 0.05) is 18.0 Å². The highest BCUT2D eigenvalue weighted by Gasteiger charge is 2.25. The molecule has 2 aromatic heterocycles. The number of carbonyl (C=O) groups is 1. The first kappa shape index (κ1) is 21.0. The molecule has 1 amide bonds. The Labute approximate surface area is 162 Å². The Morgan fingerprint density at radius 2 is 1.96 bits per heavy atom. The van der Waals surface area contributed by atoms with Gasteiger partial charge in [0.1, 0.15) is 5.82 Å². The van der Waals surface area contributed by atoms with Crippen molar-refractivity contribution in [1.82, 2.24) is 9.55 Å². The normalized spacial score (nSPS) is 11.0. The summed E-state index contributed by atoms with van der Waals surface area (Å²) in [5.41, 5.74) is 6.16. The summed E-state index contributed by atoms with van der Waals surface area (Å²) in [4.78, 5) is 43.0. The zero-order chi connectivity index (χ0) is 20.1. The Bertz CT molecular complexity index is 926. The van der Waals surface area contributed by atoms with Gasteiger partial charge >= 0.3 is 5.69 Å². The van der Waals surface area contributed by atoms with Crippen LogP contribution in [-0.4, -0.2) is 22.0 Å². The zero-order valence-corrected chi connectivity index (χ0v) is 17.2. The third-order valence-corrected chi connectivity index (χ3v) is 5.61. The van der Waals surface area contributed by atoms with E-state index < -0.39 is 11.2 Å². The maximum atomic E-state index is 13.1. The summed E-state index contributed by atoms with van der Waals surface area (Å²) in [5, 5.41) is 0. The number of unbranched alkanes of at least 4 members (excludes halogenated alkanes) is 1. The number of thiophene rings is 1. The van der Waals surface area contributed by atoms with Gasteiger partial charge in [-0.3, -0.25) is 19.1 Å². The smallest absolute Gasteiger partial charge is 0.330 e. The lowest BCUT2D eigenvalue weighted by Gasteiger charge is -2.22. The van der Waals surface area contributed by atoms with Crippen LogP contribution in [0.3, 0.4) is 0 Å². The summed E-state index contributed by atoms with van der Waals surface area (Å²) >= 11 is 1.42. The number of aromatic nitrogens is 2. The molecule has 0 aliphatic heterocycles. The molecule has 148 valence electrons. The molecule has 0 saturated heterocycles. The van der Waals surface area contributed by atoms with Crippen LogP contribution >= 0.6 is 11.3 Å². The SMILES string of the molecule is CCCCn1c(N)c(N(CC)C(=O)c2cc(CCC)c(C)s2)c(=O)[nH]c1=O. The number of nitrogens with two attached hydrogens (primary N) is 1. The number of anilines is 2. The Balaban J connectivity index is 2.50. The predicted octanol–water partition coefficient (Wildman–Crippen LogP) is 2.91. The van der Waals surface area contributed by atoms with Gasteiger partial charge in [-0.05, 0) is 38.3 Å². The highest BCUT2D eigenvalue weighted by atomic mass is 32.1. The van der Waals surface area contributed by atoms with Gasteiger partial charge in [-0.1, -0.05) is 26.7 Å². The molecule has 2 heterocycles. The van der Waals surface area contributed by atoms with E-state index >= 15 is 0 Å². The molecule has 27 heavy (non-hydrogen) atoms. The fourth-order valence-corrected chi connectivity index (χ4v) is 4.08. The second kappa shape index (κ2) is 9.03. The van der Waals surface area contributed by atoms with Crippen LogP contribution in [0, 0.1) is 6.92 Å². The summed E-state index contributed by atoms with van der Waals surface area (Å²) in [6.45, 7) is 8.55. The summed E-state index contributed by atoms with van der Waals surface area (Å²) in [6, 6.07) is 1.89. The average molecular weight is 393 g/mol. The number of amides is 1. The molecule has 0 aliphatic carbocycles. The van der Waals surface area contributed by atoms with Crippen LogP contribution in [0.4, 0.5) is 11.5 Å². The molecule has 0 spiro atoms. The standard InChI is InChI=1S/C19H28N4O3S/c1-5-8-10-23-16(20)15(17(24)21-19(23)26)22(7-3)18(25)14-11-13(9-6-2)12(4)27-14/h11H,5-10,20H2,1-4H3,(H,21,24,26). The molecule has 0 aromatic carbocycles. The molecule has 2 aromatic rings. The second-order valence-electron chi connectivity index (χ2n) is 6.49. The number of carbonyl (C=O) groups excluding carboxylic acids is 1. The van der Waals surface area contributed by atoms with Crippen LogP contribution in [0.15, 0.2) is 15.7 Å². The Kier molecular flexibility index (Phi) is 7.01. The van der Waals surface area contributed by atoms with Crippen molar-refractivity contribution in [3.05, 3.63) is 42.2 Å². The van der Waals surface area contributed by atoms with E-state index in [0.717, 1.165) is 36.1 Å². The van der Waals surface area contributed by atoms with Crippen molar-refractivity contribution < 1.29 is 4.79 Å². The number of rotatable bonds is 8. The number of hydrogen-bond acceptors (Lipinski definition) is 5. The first-order valence-corrected chi connectivity index (χ1v) is 10.2. The Morgan fingerprint density at radius 3 is 2.56 bits per heavy atom. The van der Waals surface area contributed by atoms with Gasteiger partial charge in [0.25, 0.3) is 11.5 Å². The predicted molar refractivity (Wildman–Crippen MR) is 111 cm³/mol. The lowest BCUT2D eigenvalue weighted by Crippen LogP contribution is -2.41. The van der Waals surface area contributed by atoms with Crippen LogP contribution in [0.5, 0.6) is 0 Å². The lowest BCUT2D eigenvalue weighted by molar-refractivity contribution is 0.0991. The van der Waals surface area contributed by atoms with Gasteiger partial charge in [0.05, 0.1) is 4.88 Å². The Hall–Kier alpha value is -2.35. The van der Waals surface area contributed by atoms with Crippen molar-refractivity contribution >= 4 is 28.7 Å². The van der Waals surface area contributed by atoms with Crippen molar-refractivity contribution in [3.8, 4) is 0 Å². The molecule has 0 aliphatic rings. The minimum atomic E-state index is -0.637. The van der Waals surface area contributed by atoms with Crippen LogP contribution in [0.25, 0.3) is 0 Å². The van der Waals surface area contributed by atoms with Gasteiger partial charge in [-0.2, -0.15) is 0 Å². The zero-order valence-electron chi connectivity index (χ0n) is 16.4. The monoisotopic (exact) mass is 392 g/mol. The van der Waals surface area contributed by atoms with Gasteiger partial charge in [-0.25, -0.2) is 4.79 Å². The minimum Gasteiger partial charge on any atom is -0.383 e. The lowest BCUT2D eigenvalue weighted by atomic mass is 10.1. The minimum absolute atomic E-state index is 0.0365. The van der Waals surface area contributed by atoms with Gasteiger partial charge in [0.2, 0.25) is 0 Å².